The molecule has 1 fully saturated rings. The number of aromatic nitrogens is 3. The Morgan fingerprint density at radius 3 is 2.62 bits per heavy atom. The van der Waals surface area contributed by atoms with Gasteiger partial charge in [0, 0.05) is 0 Å². The van der Waals surface area contributed by atoms with Crippen molar-refractivity contribution in [3.63, 3.8) is 0 Å². The lowest BCUT2D eigenvalue weighted by Crippen LogP contribution is -2.11. The molecule has 0 aromatic carbocycles. The molecule has 0 radical (unpaired) electrons. The third kappa shape index (κ3) is 3.04. The van der Waals surface area contributed by atoms with Gasteiger partial charge in [-0.1, -0.05) is 0 Å². The molecule has 0 unspecified atom stereocenters. The summed E-state index contributed by atoms with van der Waals surface area (Å²) >= 11 is 3.23. The summed E-state index contributed by atoms with van der Waals surface area (Å²) in [6, 6.07) is 0. The minimum absolute atomic E-state index is 0.00984. The average Bonchev–Trinajstić information content (AvgIpc) is 2.91. The molecule has 1 saturated carbocycles. The fraction of sp³-hybridized carbons (Fsp3) is 0.778. The summed E-state index contributed by atoms with van der Waals surface area (Å²) in [5.41, 5.74) is 0.516. The third-order valence-corrected chi connectivity index (χ3v) is 4.81. The van der Waals surface area contributed by atoms with Crippen molar-refractivity contribution in [2.24, 2.45) is 5.92 Å². The number of halogens is 1. The summed E-state index contributed by atoms with van der Waals surface area (Å²) in [5, 5.41) is 8.19. The first kappa shape index (κ1) is 12.0. The molecule has 90 valence electrons. The van der Waals surface area contributed by atoms with E-state index in [0.717, 1.165) is 12.8 Å². The van der Waals surface area contributed by atoms with Crippen LogP contribution >= 0.6 is 15.9 Å². The van der Waals surface area contributed by atoms with Crippen molar-refractivity contribution in [2.75, 3.05) is 5.75 Å². The number of aryl methyl sites for hydroxylation is 1. The average molecular weight is 308 g/mol. The van der Waals surface area contributed by atoms with Gasteiger partial charge in [-0.3, -0.25) is 0 Å². The number of sulfone groups is 1. The molecule has 1 aliphatic carbocycles. The predicted octanol–water partition coefficient (Wildman–Crippen LogP) is 1.39. The maximum atomic E-state index is 11.8. The molecule has 0 amide bonds. The molecule has 1 heterocycles. The van der Waals surface area contributed by atoms with Crippen LogP contribution in [0.15, 0.2) is 4.60 Å². The Morgan fingerprint density at radius 2 is 2.12 bits per heavy atom. The smallest absolute Gasteiger partial charge is 0.156 e. The van der Waals surface area contributed by atoms with Gasteiger partial charge in [-0.15, -0.1) is 5.10 Å². The van der Waals surface area contributed by atoms with E-state index in [0.29, 0.717) is 28.5 Å². The van der Waals surface area contributed by atoms with Crippen molar-refractivity contribution in [1.82, 2.24) is 15.0 Å². The molecule has 0 atom stereocenters. The molecule has 1 aromatic rings. The molecular weight excluding hydrogens is 294 g/mol. The fourth-order valence-electron chi connectivity index (χ4n) is 1.50. The van der Waals surface area contributed by atoms with E-state index in [9.17, 15) is 8.42 Å². The lowest BCUT2D eigenvalue weighted by atomic mass is 10.5. The number of nitrogens with zero attached hydrogens (tertiary/aromatic N) is 3. The number of hydrogen-bond donors (Lipinski definition) is 0. The van der Waals surface area contributed by atoms with Gasteiger partial charge in [-0.25, -0.2) is 8.42 Å². The molecule has 2 rings (SSSR count). The minimum atomic E-state index is -3.03. The molecule has 1 aromatic heterocycles. The van der Waals surface area contributed by atoms with Crippen molar-refractivity contribution in [3.8, 4) is 0 Å². The maximum Gasteiger partial charge on any atom is 0.156 e. The second-order valence-corrected chi connectivity index (χ2v) is 6.98. The van der Waals surface area contributed by atoms with Gasteiger partial charge in [-0.05, 0) is 41.6 Å². The topological polar surface area (TPSA) is 64.8 Å². The van der Waals surface area contributed by atoms with E-state index in [2.05, 4.69) is 26.1 Å². The lowest BCUT2D eigenvalue weighted by molar-refractivity contribution is 0.561. The molecule has 0 saturated heterocycles. The highest BCUT2D eigenvalue weighted by Crippen LogP contribution is 2.31. The first-order valence-corrected chi connectivity index (χ1v) is 7.91. The van der Waals surface area contributed by atoms with E-state index in [1.54, 1.807) is 0 Å². The molecule has 0 bridgehead atoms. The molecule has 0 N–H and O–H groups in total. The van der Waals surface area contributed by atoms with Gasteiger partial charge >= 0.3 is 0 Å². The van der Waals surface area contributed by atoms with Crippen molar-refractivity contribution in [3.05, 3.63) is 10.3 Å². The Kier molecular flexibility index (Phi) is 3.34. The molecule has 0 spiro atoms. The Bertz CT molecular complexity index is 479. The Hall–Kier alpha value is -0.430. The summed E-state index contributed by atoms with van der Waals surface area (Å²) in [4.78, 5) is 1.49. The van der Waals surface area contributed by atoms with Gasteiger partial charge < -0.3 is 0 Å². The van der Waals surface area contributed by atoms with Crippen LogP contribution < -0.4 is 0 Å². The van der Waals surface area contributed by atoms with Gasteiger partial charge in [0.1, 0.15) is 5.69 Å². The van der Waals surface area contributed by atoms with Crippen molar-refractivity contribution in [1.29, 1.82) is 0 Å². The van der Waals surface area contributed by atoms with E-state index in [1.807, 2.05) is 6.92 Å². The van der Waals surface area contributed by atoms with Crippen molar-refractivity contribution in [2.45, 2.75) is 32.1 Å². The predicted molar refractivity (Wildman–Crippen MR) is 63.6 cm³/mol. The summed E-state index contributed by atoms with van der Waals surface area (Å²) in [6.45, 7) is 2.55. The van der Waals surface area contributed by atoms with Gasteiger partial charge in [-0.2, -0.15) is 9.90 Å². The summed E-state index contributed by atoms with van der Waals surface area (Å²) in [7, 11) is -3.03. The van der Waals surface area contributed by atoms with Crippen molar-refractivity contribution < 1.29 is 8.42 Å². The molecule has 1 aliphatic rings. The summed E-state index contributed by atoms with van der Waals surface area (Å²) in [6.07, 6.45) is 2.09. The van der Waals surface area contributed by atoms with E-state index in [4.69, 9.17) is 0 Å². The van der Waals surface area contributed by atoms with Gasteiger partial charge in [0.2, 0.25) is 0 Å². The lowest BCUT2D eigenvalue weighted by Gasteiger charge is -2.00. The van der Waals surface area contributed by atoms with E-state index >= 15 is 0 Å². The standard InChI is InChI=1S/C9H14BrN3O2S/c1-2-13-11-8(9(10)12-13)6-16(14,15)5-7-3-4-7/h7H,2-6H2,1H3. The first-order valence-electron chi connectivity index (χ1n) is 5.30. The molecule has 0 aliphatic heterocycles. The van der Waals surface area contributed by atoms with Gasteiger partial charge in [0.25, 0.3) is 0 Å². The van der Waals surface area contributed by atoms with Crippen LogP contribution in [0.25, 0.3) is 0 Å². The van der Waals surface area contributed by atoms with Crippen LogP contribution in [0.5, 0.6) is 0 Å². The molecule has 7 heteroatoms. The Morgan fingerprint density at radius 1 is 1.44 bits per heavy atom. The Balaban J connectivity index is 2.09. The van der Waals surface area contributed by atoms with E-state index < -0.39 is 9.84 Å². The minimum Gasteiger partial charge on any atom is -0.228 e. The second kappa shape index (κ2) is 4.44. The van der Waals surface area contributed by atoms with Crippen LogP contribution in [-0.2, 0) is 22.1 Å². The zero-order valence-electron chi connectivity index (χ0n) is 9.06. The first-order chi connectivity index (χ1) is 7.50. The van der Waals surface area contributed by atoms with Crippen LogP contribution in [-0.4, -0.2) is 29.2 Å². The van der Waals surface area contributed by atoms with Crippen molar-refractivity contribution >= 4 is 25.8 Å². The van der Waals surface area contributed by atoms with Crippen LogP contribution in [0.3, 0.4) is 0 Å². The van der Waals surface area contributed by atoms with Crippen LogP contribution in [0.4, 0.5) is 0 Å². The van der Waals surface area contributed by atoms with Crippen LogP contribution in [0, 0.1) is 5.92 Å². The van der Waals surface area contributed by atoms with Crippen LogP contribution in [0.1, 0.15) is 25.5 Å². The van der Waals surface area contributed by atoms with Gasteiger partial charge in [0.05, 0.1) is 18.1 Å². The highest BCUT2D eigenvalue weighted by molar-refractivity contribution is 9.10. The van der Waals surface area contributed by atoms with E-state index in [-0.39, 0.29) is 5.75 Å². The normalized spacial score (nSPS) is 16.6. The largest absolute Gasteiger partial charge is 0.228 e. The second-order valence-electron chi connectivity index (χ2n) is 4.12. The highest BCUT2D eigenvalue weighted by atomic mass is 79.9. The van der Waals surface area contributed by atoms with Crippen LogP contribution in [0.2, 0.25) is 0 Å². The zero-order valence-corrected chi connectivity index (χ0v) is 11.5. The highest BCUT2D eigenvalue weighted by Gasteiger charge is 2.29. The van der Waals surface area contributed by atoms with Gasteiger partial charge in [0.15, 0.2) is 14.4 Å². The zero-order chi connectivity index (χ0) is 11.8. The SMILES string of the molecule is CCn1nc(Br)c(CS(=O)(=O)CC2CC2)n1. The fourth-order valence-corrected chi connectivity index (χ4v) is 3.87. The maximum absolute atomic E-state index is 11.8. The Labute approximate surface area is 103 Å². The third-order valence-electron chi connectivity index (χ3n) is 2.50. The molecule has 5 nitrogen and oxygen atoms in total. The number of rotatable bonds is 5. The monoisotopic (exact) mass is 307 g/mol. The summed E-state index contributed by atoms with van der Waals surface area (Å²) < 4.78 is 24.1. The van der Waals surface area contributed by atoms with E-state index in [1.165, 1.54) is 4.80 Å². The molecule has 16 heavy (non-hydrogen) atoms. The molecular formula is C9H14BrN3O2S. The summed E-state index contributed by atoms with van der Waals surface area (Å²) in [5.74, 6) is 0.660. The quantitative estimate of drug-likeness (QED) is 0.824. The number of hydrogen-bond acceptors (Lipinski definition) is 4.